The van der Waals surface area contributed by atoms with E-state index < -0.39 is 11.1 Å². The lowest BCUT2D eigenvalue weighted by Crippen LogP contribution is -2.10. The molecule has 192 valence electrons. The molecule has 0 heterocycles. The molecule has 0 aliphatic rings. The first kappa shape index (κ1) is 32.0. The van der Waals surface area contributed by atoms with E-state index in [1.807, 2.05) is 20.9 Å². The van der Waals surface area contributed by atoms with Crippen molar-refractivity contribution in [3.05, 3.63) is 94.9 Å². The Balaban J connectivity index is 0.000000742. The molecule has 0 amide bonds. The fourth-order valence-electron chi connectivity index (χ4n) is 2.92. The molecule has 2 aromatic carbocycles. The van der Waals surface area contributed by atoms with Gasteiger partial charge >= 0.3 is 0 Å². The van der Waals surface area contributed by atoms with E-state index in [4.69, 9.17) is 8.92 Å². The second-order valence-electron chi connectivity index (χ2n) is 6.93. The van der Waals surface area contributed by atoms with E-state index in [2.05, 4.69) is 49.7 Å². The number of carbonyl (C=O) groups excluding carboxylic acids is 1. The number of hydrogen-bond donors (Lipinski definition) is 2. The topological polar surface area (TPSA) is 84.9 Å². The molecule has 0 aromatic heterocycles. The van der Waals surface area contributed by atoms with Crippen LogP contribution in [0.5, 0.6) is 11.5 Å². The lowest BCUT2D eigenvalue weighted by atomic mass is 10.0. The fraction of sp³-hybridized carbons (Fsp3) is 0.321. The van der Waals surface area contributed by atoms with Crippen LogP contribution in [0.2, 0.25) is 0 Å². The molecular weight excluding hydrogens is 462 g/mol. The maximum Gasteiger partial charge on any atom is 0.240 e. The first-order valence-corrected chi connectivity index (χ1v) is 12.5. The first-order chi connectivity index (χ1) is 16.9. The van der Waals surface area contributed by atoms with Crippen molar-refractivity contribution in [3.63, 3.8) is 0 Å². The summed E-state index contributed by atoms with van der Waals surface area (Å²) >= 11 is -1.85. The van der Waals surface area contributed by atoms with Gasteiger partial charge < -0.3 is 24.1 Å². The molecule has 2 aromatic rings. The maximum atomic E-state index is 12.2. The highest BCUT2D eigenvalue weighted by Gasteiger charge is 2.18. The third-order valence-electron chi connectivity index (χ3n) is 4.58. The van der Waals surface area contributed by atoms with Crippen molar-refractivity contribution in [2.45, 2.75) is 40.2 Å². The number of allylic oxidation sites excluding steroid dienone is 3. The Morgan fingerprint density at radius 3 is 2.43 bits per heavy atom. The Morgan fingerprint density at radius 2 is 1.91 bits per heavy atom. The van der Waals surface area contributed by atoms with E-state index in [1.54, 1.807) is 12.1 Å². The smallest absolute Gasteiger partial charge is 0.240 e. The van der Waals surface area contributed by atoms with Gasteiger partial charge in [-0.25, -0.2) is 4.21 Å². The number of rotatable bonds is 12. The van der Waals surface area contributed by atoms with Gasteiger partial charge in [-0.2, -0.15) is 0 Å². The highest BCUT2D eigenvalue weighted by atomic mass is 32.2. The number of aliphatic hydroxyl groups is 1. The van der Waals surface area contributed by atoms with Crippen molar-refractivity contribution >= 4 is 17.4 Å². The van der Waals surface area contributed by atoms with Crippen LogP contribution >= 0.6 is 0 Å². The number of nitrogens with one attached hydrogen (secondary N) is 1. The van der Waals surface area contributed by atoms with Gasteiger partial charge in [0.25, 0.3) is 0 Å². The van der Waals surface area contributed by atoms with Crippen LogP contribution in [0.25, 0.3) is 0 Å². The molecule has 0 bridgehead atoms. The number of hydrogen-bond acceptors (Lipinski definition) is 6. The summed E-state index contributed by atoms with van der Waals surface area (Å²) < 4.78 is 22.8. The zero-order valence-electron chi connectivity index (χ0n) is 21.5. The van der Waals surface area contributed by atoms with E-state index in [-0.39, 0.29) is 18.8 Å². The third kappa shape index (κ3) is 11.3. The van der Waals surface area contributed by atoms with Crippen LogP contribution in [0.4, 0.5) is 0 Å². The summed E-state index contributed by atoms with van der Waals surface area (Å²) in [5, 5.41) is 12.7. The number of methoxy groups -OCH3 is 1. The van der Waals surface area contributed by atoms with E-state index in [0.29, 0.717) is 28.1 Å². The number of ether oxygens (including phenoxy) is 1. The van der Waals surface area contributed by atoms with Crippen molar-refractivity contribution in [2.24, 2.45) is 0 Å². The van der Waals surface area contributed by atoms with Crippen molar-refractivity contribution in [3.8, 4) is 11.5 Å². The second-order valence-corrected chi connectivity index (χ2v) is 8.04. The number of benzene rings is 2. The Kier molecular flexibility index (Phi) is 17.7. The van der Waals surface area contributed by atoms with Crippen LogP contribution in [-0.2, 0) is 35.3 Å². The van der Waals surface area contributed by atoms with Gasteiger partial charge in [0, 0.05) is 12.0 Å². The first-order valence-electron chi connectivity index (χ1n) is 11.4. The molecule has 0 saturated carbocycles. The molecule has 0 fully saturated rings. The molecule has 2 N–H and O–H groups in total. The molecule has 35 heavy (non-hydrogen) atoms. The van der Waals surface area contributed by atoms with Crippen LogP contribution in [0.3, 0.4) is 0 Å². The summed E-state index contributed by atoms with van der Waals surface area (Å²) in [5.41, 5.74) is 3.71. The highest BCUT2D eigenvalue weighted by Crippen LogP contribution is 2.35. The number of aliphatic hydroxyl groups excluding tert-OH is 1. The number of carbonyl (C=O) groups is 1. The van der Waals surface area contributed by atoms with Crippen LogP contribution < -0.4 is 14.2 Å². The molecule has 7 heteroatoms. The molecular formula is C28H39NO5S. The molecule has 1 unspecified atom stereocenters. The Bertz CT molecular complexity index is 985. The van der Waals surface area contributed by atoms with E-state index in [1.165, 1.54) is 36.5 Å². The predicted octanol–water partition coefficient (Wildman–Crippen LogP) is 5.01. The monoisotopic (exact) mass is 501 g/mol. The number of aryl methyl sites for hydroxylation is 1. The second kappa shape index (κ2) is 19.3. The summed E-state index contributed by atoms with van der Waals surface area (Å²) in [6.07, 6.45) is 6.30. The van der Waals surface area contributed by atoms with Crippen molar-refractivity contribution in [1.29, 1.82) is 0 Å². The van der Waals surface area contributed by atoms with E-state index in [0.717, 1.165) is 13.0 Å². The largest absolute Gasteiger partial charge is 0.493 e. The third-order valence-corrected chi connectivity index (χ3v) is 5.59. The quantitative estimate of drug-likeness (QED) is 0.314. The standard InChI is InChI=1S/C16H18O5S.C10H15N.C2H6/c1-4-6-13(5-2)22(19)21-16-14(11-18)12(9-10-17)7-8-15(16)20-3;1-9-4-3-5-10(8-9)6-7-11-2;1-2/h4-8,10,18H,1-2,9,11H2,3H3;3-5,8,11H,6-7H2,1-2H3;1-2H3/b13-6+;;. The van der Waals surface area contributed by atoms with Gasteiger partial charge in [-0.05, 0) is 56.3 Å². The normalized spacial score (nSPS) is 11.1. The average Bonchev–Trinajstić information content (AvgIpc) is 2.88. The summed E-state index contributed by atoms with van der Waals surface area (Å²) in [5.74, 6) is 0.452. The molecule has 0 aliphatic carbocycles. The highest BCUT2D eigenvalue weighted by molar-refractivity contribution is 7.84. The Morgan fingerprint density at radius 1 is 1.20 bits per heavy atom. The fourth-order valence-corrected chi connectivity index (χ4v) is 3.70. The van der Waals surface area contributed by atoms with E-state index in [9.17, 15) is 14.1 Å². The van der Waals surface area contributed by atoms with Crippen molar-refractivity contribution in [2.75, 3.05) is 20.7 Å². The summed E-state index contributed by atoms with van der Waals surface area (Å²) in [7, 11) is 3.41. The van der Waals surface area contributed by atoms with Gasteiger partial charge in [-0.15, -0.1) is 0 Å². The van der Waals surface area contributed by atoms with Crippen molar-refractivity contribution in [1.82, 2.24) is 5.32 Å². The molecule has 0 spiro atoms. The van der Waals surface area contributed by atoms with Crippen LogP contribution in [0.1, 0.15) is 36.1 Å². The summed E-state index contributed by atoms with van der Waals surface area (Å²) in [4.78, 5) is 11.0. The molecule has 6 nitrogen and oxygen atoms in total. The lowest BCUT2D eigenvalue weighted by Gasteiger charge is -2.15. The summed E-state index contributed by atoms with van der Waals surface area (Å²) in [6.45, 7) is 13.9. The van der Waals surface area contributed by atoms with Gasteiger partial charge in [0.2, 0.25) is 11.1 Å². The molecule has 1 atom stereocenters. The number of likely N-dealkylation sites (N-methyl/N-ethyl adjacent to an activating group) is 1. The lowest BCUT2D eigenvalue weighted by molar-refractivity contribution is -0.107. The van der Waals surface area contributed by atoms with Gasteiger partial charge in [0.1, 0.15) is 6.29 Å². The van der Waals surface area contributed by atoms with Crippen molar-refractivity contribution < 1.29 is 23.0 Å². The summed E-state index contributed by atoms with van der Waals surface area (Å²) in [6, 6.07) is 11.9. The zero-order chi connectivity index (χ0) is 26.6. The van der Waals surface area contributed by atoms with Gasteiger partial charge in [-0.1, -0.05) is 69.0 Å². The predicted molar refractivity (Wildman–Crippen MR) is 146 cm³/mol. The van der Waals surface area contributed by atoms with Crippen LogP contribution in [0.15, 0.2) is 72.7 Å². The minimum atomic E-state index is -1.85. The van der Waals surface area contributed by atoms with Gasteiger partial charge in [0.15, 0.2) is 11.5 Å². The van der Waals surface area contributed by atoms with Gasteiger partial charge in [0.05, 0.1) is 18.6 Å². The van der Waals surface area contributed by atoms with Crippen LogP contribution in [0, 0.1) is 6.92 Å². The Labute approximate surface area is 213 Å². The molecule has 0 radical (unpaired) electrons. The van der Waals surface area contributed by atoms with Crippen LogP contribution in [-0.4, -0.2) is 36.3 Å². The average molecular weight is 502 g/mol. The number of aldehydes is 1. The zero-order valence-corrected chi connectivity index (χ0v) is 22.3. The molecule has 0 aliphatic heterocycles. The van der Waals surface area contributed by atoms with E-state index >= 15 is 0 Å². The molecule has 0 saturated heterocycles. The van der Waals surface area contributed by atoms with Gasteiger partial charge in [-0.3, -0.25) is 0 Å². The minimum Gasteiger partial charge on any atom is -0.493 e. The molecule has 2 rings (SSSR count). The SMILES string of the molecule is C=C/C=C(\C=C)S(=O)Oc1c(OC)ccc(CC=O)c1CO.CC.CNCCc1cccc(C)c1. The Hall–Kier alpha value is -3.00. The maximum absolute atomic E-state index is 12.2. The minimum absolute atomic E-state index is 0.111.